The Hall–Kier alpha value is -1.75. The molecule has 0 saturated carbocycles. The molecular formula is C15H23N5. The second-order valence-electron chi connectivity index (χ2n) is 5.20. The van der Waals surface area contributed by atoms with Gasteiger partial charge in [-0.2, -0.15) is 4.80 Å². The number of nitrogens with one attached hydrogen (secondary N) is 1. The van der Waals surface area contributed by atoms with Crippen molar-refractivity contribution in [2.24, 2.45) is 13.0 Å². The molecule has 0 bridgehead atoms. The number of benzene rings is 1. The molecule has 1 unspecified atom stereocenters. The maximum atomic E-state index is 4.29. The van der Waals surface area contributed by atoms with Gasteiger partial charge in [-0.05, 0) is 48.7 Å². The minimum atomic E-state index is 0.486. The minimum Gasteiger partial charge on any atom is -0.317 e. The summed E-state index contributed by atoms with van der Waals surface area (Å²) in [6.07, 6.45) is 1.90. The third-order valence-electron chi connectivity index (χ3n) is 3.47. The SMILES string of the molecule is CCNCC(Cc1nnn(C)n1)Cc1ccccc1C. The van der Waals surface area contributed by atoms with Crippen LogP contribution in [0.1, 0.15) is 23.9 Å². The van der Waals surface area contributed by atoms with Gasteiger partial charge in [-0.25, -0.2) is 0 Å². The highest BCUT2D eigenvalue weighted by Crippen LogP contribution is 2.15. The Morgan fingerprint density at radius 2 is 2.05 bits per heavy atom. The molecule has 5 nitrogen and oxygen atoms in total. The third kappa shape index (κ3) is 4.13. The largest absolute Gasteiger partial charge is 0.317 e. The number of aromatic nitrogens is 4. The lowest BCUT2D eigenvalue weighted by Crippen LogP contribution is -2.26. The number of rotatable bonds is 7. The van der Waals surface area contributed by atoms with Crippen LogP contribution >= 0.6 is 0 Å². The van der Waals surface area contributed by atoms with Crippen molar-refractivity contribution in [1.29, 1.82) is 0 Å². The Morgan fingerprint density at radius 1 is 1.25 bits per heavy atom. The molecule has 20 heavy (non-hydrogen) atoms. The lowest BCUT2D eigenvalue weighted by molar-refractivity contribution is 0.466. The maximum Gasteiger partial charge on any atom is 0.175 e. The summed E-state index contributed by atoms with van der Waals surface area (Å²) in [6, 6.07) is 8.56. The van der Waals surface area contributed by atoms with E-state index < -0.39 is 0 Å². The molecule has 0 saturated heterocycles. The van der Waals surface area contributed by atoms with E-state index in [-0.39, 0.29) is 0 Å². The van der Waals surface area contributed by atoms with Gasteiger partial charge in [0, 0.05) is 6.42 Å². The number of aryl methyl sites for hydroxylation is 2. The first kappa shape index (κ1) is 14.7. The molecule has 5 heteroatoms. The second kappa shape index (κ2) is 7.14. The van der Waals surface area contributed by atoms with E-state index in [1.165, 1.54) is 15.9 Å². The van der Waals surface area contributed by atoms with Crippen molar-refractivity contribution in [3.05, 3.63) is 41.2 Å². The monoisotopic (exact) mass is 273 g/mol. The van der Waals surface area contributed by atoms with Crippen molar-refractivity contribution in [3.63, 3.8) is 0 Å². The standard InChI is InChI=1S/C15H23N5/c1-4-16-11-13(10-15-17-19-20(3)18-15)9-14-8-6-5-7-12(14)2/h5-8,13,16H,4,9-11H2,1-3H3. The van der Waals surface area contributed by atoms with Crippen molar-refractivity contribution < 1.29 is 0 Å². The Labute approximate surface area is 120 Å². The fourth-order valence-corrected chi connectivity index (χ4v) is 2.38. The Morgan fingerprint density at radius 3 is 2.70 bits per heavy atom. The molecule has 0 radical (unpaired) electrons. The summed E-state index contributed by atoms with van der Waals surface area (Å²) >= 11 is 0. The van der Waals surface area contributed by atoms with Gasteiger partial charge in [-0.1, -0.05) is 31.2 Å². The molecule has 1 heterocycles. The van der Waals surface area contributed by atoms with Crippen LogP contribution in [-0.4, -0.2) is 33.3 Å². The average Bonchev–Trinajstić information content (AvgIpc) is 2.84. The van der Waals surface area contributed by atoms with Gasteiger partial charge in [0.1, 0.15) is 0 Å². The van der Waals surface area contributed by atoms with E-state index in [2.05, 4.69) is 58.8 Å². The summed E-state index contributed by atoms with van der Waals surface area (Å²) in [5, 5.41) is 15.7. The summed E-state index contributed by atoms with van der Waals surface area (Å²) in [5.74, 6) is 1.31. The molecule has 108 valence electrons. The van der Waals surface area contributed by atoms with E-state index in [0.29, 0.717) is 5.92 Å². The number of tetrazole rings is 1. The molecule has 0 fully saturated rings. The molecular weight excluding hydrogens is 250 g/mol. The van der Waals surface area contributed by atoms with Crippen molar-refractivity contribution in [1.82, 2.24) is 25.5 Å². The van der Waals surface area contributed by atoms with Crippen LogP contribution < -0.4 is 5.32 Å². The topological polar surface area (TPSA) is 55.6 Å². The predicted molar refractivity (Wildman–Crippen MR) is 79.4 cm³/mol. The lowest BCUT2D eigenvalue weighted by Gasteiger charge is -2.17. The first-order valence-corrected chi connectivity index (χ1v) is 7.17. The minimum absolute atomic E-state index is 0.486. The summed E-state index contributed by atoms with van der Waals surface area (Å²) in [4.78, 5) is 1.52. The number of nitrogens with zero attached hydrogens (tertiary/aromatic N) is 4. The zero-order valence-electron chi connectivity index (χ0n) is 12.5. The number of hydrogen-bond donors (Lipinski definition) is 1. The molecule has 2 rings (SSSR count). The van der Waals surface area contributed by atoms with Gasteiger partial charge in [-0.15, -0.1) is 10.2 Å². The molecule has 0 amide bonds. The molecule has 1 N–H and O–H groups in total. The average molecular weight is 273 g/mol. The van der Waals surface area contributed by atoms with Crippen LogP contribution in [-0.2, 0) is 19.9 Å². The summed E-state index contributed by atoms with van der Waals surface area (Å²) in [7, 11) is 1.80. The summed E-state index contributed by atoms with van der Waals surface area (Å²) in [6.45, 7) is 6.26. The van der Waals surface area contributed by atoms with Crippen molar-refractivity contribution in [2.75, 3.05) is 13.1 Å². The maximum absolute atomic E-state index is 4.29. The van der Waals surface area contributed by atoms with Crippen LogP contribution in [0, 0.1) is 12.8 Å². The fourth-order valence-electron chi connectivity index (χ4n) is 2.38. The molecule has 0 aliphatic heterocycles. The first-order valence-electron chi connectivity index (χ1n) is 7.17. The van der Waals surface area contributed by atoms with E-state index in [9.17, 15) is 0 Å². The van der Waals surface area contributed by atoms with E-state index in [0.717, 1.165) is 31.8 Å². The summed E-state index contributed by atoms with van der Waals surface area (Å²) in [5.41, 5.74) is 2.75. The van der Waals surface area contributed by atoms with E-state index in [1.54, 1.807) is 7.05 Å². The molecule has 0 aliphatic rings. The van der Waals surface area contributed by atoms with Crippen LogP contribution in [0.4, 0.5) is 0 Å². The highest BCUT2D eigenvalue weighted by atomic mass is 15.6. The van der Waals surface area contributed by atoms with E-state index >= 15 is 0 Å². The normalized spacial score (nSPS) is 12.6. The molecule has 1 atom stereocenters. The van der Waals surface area contributed by atoms with Gasteiger partial charge < -0.3 is 5.32 Å². The van der Waals surface area contributed by atoms with Gasteiger partial charge in [0.25, 0.3) is 0 Å². The van der Waals surface area contributed by atoms with E-state index in [1.807, 2.05) is 0 Å². The van der Waals surface area contributed by atoms with Crippen LogP contribution in [0.25, 0.3) is 0 Å². The van der Waals surface area contributed by atoms with Crippen LogP contribution in [0.2, 0.25) is 0 Å². The van der Waals surface area contributed by atoms with Crippen LogP contribution in [0.15, 0.2) is 24.3 Å². The zero-order chi connectivity index (χ0) is 14.4. The molecule has 1 aromatic heterocycles. The van der Waals surface area contributed by atoms with Crippen LogP contribution in [0.3, 0.4) is 0 Å². The Bertz CT molecular complexity index is 535. The molecule has 1 aromatic carbocycles. The highest BCUT2D eigenvalue weighted by Gasteiger charge is 2.14. The first-order chi connectivity index (χ1) is 9.69. The van der Waals surface area contributed by atoms with Gasteiger partial charge in [-0.3, -0.25) is 0 Å². The van der Waals surface area contributed by atoms with Gasteiger partial charge >= 0.3 is 0 Å². The zero-order valence-corrected chi connectivity index (χ0v) is 12.5. The fraction of sp³-hybridized carbons (Fsp3) is 0.533. The molecule has 0 aliphatic carbocycles. The van der Waals surface area contributed by atoms with Gasteiger partial charge in [0.15, 0.2) is 5.82 Å². The summed E-state index contributed by atoms with van der Waals surface area (Å²) < 4.78 is 0. The van der Waals surface area contributed by atoms with Crippen molar-refractivity contribution >= 4 is 0 Å². The number of hydrogen-bond acceptors (Lipinski definition) is 4. The van der Waals surface area contributed by atoms with Crippen LogP contribution in [0.5, 0.6) is 0 Å². The van der Waals surface area contributed by atoms with Gasteiger partial charge in [0.05, 0.1) is 7.05 Å². The molecule has 2 aromatic rings. The quantitative estimate of drug-likeness (QED) is 0.831. The lowest BCUT2D eigenvalue weighted by atomic mass is 9.93. The Kier molecular flexibility index (Phi) is 5.24. The predicted octanol–water partition coefficient (Wildman–Crippen LogP) is 1.53. The smallest absolute Gasteiger partial charge is 0.175 e. The van der Waals surface area contributed by atoms with Gasteiger partial charge in [0.2, 0.25) is 0 Å². The third-order valence-corrected chi connectivity index (χ3v) is 3.47. The van der Waals surface area contributed by atoms with E-state index in [4.69, 9.17) is 0 Å². The van der Waals surface area contributed by atoms with Crippen molar-refractivity contribution in [3.8, 4) is 0 Å². The Balaban J connectivity index is 2.05. The second-order valence-corrected chi connectivity index (χ2v) is 5.20. The highest BCUT2D eigenvalue weighted by molar-refractivity contribution is 5.26. The van der Waals surface area contributed by atoms with Crippen molar-refractivity contribution in [2.45, 2.75) is 26.7 Å². The molecule has 0 spiro atoms.